The van der Waals surface area contributed by atoms with Crippen molar-refractivity contribution < 1.29 is 51.6 Å². The fourth-order valence-electron chi connectivity index (χ4n) is 3.50. The van der Waals surface area contributed by atoms with Crippen LogP contribution >= 0.6 is 0 Å². The van der Waals surface area contributed by atoms with E-state index < -0.39 is 64.8 Å². The first-order chi connectivity index (χ1) is 17.8. The average Bonchev–Trinajstić information content (AvgIpc) is 2.85. The molecule has 0 bridgehead atoms. The van der Waals surface area contributed by atoms with Gasteiger partial charge in [-0.2, -0.15) is 13.2 Å². The number of esters is 2. The summed E-state index contributed by atoms with van der Waals surface area (Å²) < 4.78 is 54.7. The molecule has 1 saturated heterocycles. The Balaban J connectivity index is 1.76. The molecule has 1 heterocycles. The SMILES string of the molecule is C[C@H]1O[C@H](OC(=O)c2ccc([N+](=O)[O-])cc2)C[C@H](NC(=O)C(F)(F)F)[C@H]1OC(=O)c1ccc([N+](=O)[O-])cc1. The summed E-state index contributed by atoms with van der Waals surface area (Å²) in [4.78, 5) is 56.8. The summed E-state index contributed by atoms with van der Waals surface area (Å²) in [6.45, 7) is 1.30. The number of carbonyl (C=O) groups is 3. The second-order valence-electron chi connectivity index (χ2n) is 7.97. The average molecular weight is 541 g/mol. The number of carbonyl (C=O) groups excluding carboxylic acids is 3. The molecule has 0 radical (unpaired) electrons. The molecule has 0 aromatic heterocycles. The van der Waals surface area contributed by atoms with Crippen molar-refractivity contribution in [2.45, 2.75) is 44.1 Å². The molecule has 2 aromatic rings. The molecule has 2 aromatic carbocycles. The number of rotatable bonds is 7. The highest BCUT2D eigenvalue weighted by molar-refractivity contribution is 5.90. The van der Waals surface area contributed by atoms with Gasteiger partial charge in [-0.05, 0) is 31.2 Å². The zero-order valence-electron chi connectivity index (χ0n) is 19.2. The Kier molecular flexibility index (Phi) is 8.25. The molecule has 38 heavy (non-hydrogen) atoms. The highest BCUT2D eigenvalue weighted by Gasteiger charge is 2.46. The molecule has 0 aliphatic carbocycles. The summed E-state index contributed by atoms with van der Waals surface area (Å²) in [5.74, 6) is -4.42. The molecule has 1 fully saturated rings. The first-order valence-electron chi connectivity index (χ1n) is 10.7. The Morgan fingerprint density at radius 3 is 1.76 bits per heavy atom. The molecule has 1 aliphatic rings. The van der Waals surface area contributed by atoms with Gasteiger partial charge in [-0.15, -0.1) is 0 Å². The van der Waals surface area contributed by atoms with Gasteiger partial charge in [-0.25, -0.2) is 9.59 Å². The van der Waals surface area contributed by atoms with E-state index in [0.29, 0.717) is 0 Å². The summed E-state index contributed by atoms with van der Waals surface area (Å²) in [7, 11) is 0. The van der Waals surface area contributed by atoms with Crippen LogP contribution in [0, 0.1) is 20.2 Å². The third kappa shape index (κ3) is 6.78. The predicted molar refractivity (Wildman–Crippen MR) is 118 cm³/mol. The Bertz CT molecular complexity index is 1230. The molecule has 3 rings (SSSR count). The van der Waals surface area contributed by atoms with Crippen molar-refractivity contribution in [1.82, 2.24) is 5.32 Å². The zero-order valence-corrected chi connectivity index (χ0v) is 19.2. The van der Waals surface area contributed by atoms with Crippen LogP contribution in [-0.4, -0.2) is 58.4 Å². The van der Waals surface area contributed by atoms with Crippen molar-refractivity contribution in [2.24, 2.45) is 0 Å². The van der Waals surface area contributed by atoms with Crippen LogP contribution < -0.4 is 5.32 Å². The van der Waals surface area contributed by atoms with E-state index in [1.54, 1.807) is 5.32 Å². The lowest BCUT2D eigenvalue weighted by Gasteiger charge is -2.39. The Morgan fingerprint density at radius 2 is 1.34 bits per heavy atom. The van der Waals surface area contributed by atoms with E-state index in [2.05, 4.69) is 0 Å². The van der Waals surface area contributed by atoms with Crippen molar-refractivity contribution in [1.29, 1.82) is 0 Å². The number of alkyl halides is 3. The smallest absolute Gasteiger partial charge is 0.454 e. The van der Waals surface area contributed by atoms with Gasteiger partial charge in [-0.3, -0.25) is 25.0 Å². The molecule has 0 saturated carbocycles. The minimum absolute atomic E-state index is 0.116. The van der Waals surface area contributed by atoms with Crippen molar-refractivity contribution in [2.75, 3.05) is 0 Å². The Morgan fingerprint density at radius 1 is 0.895 bits per heavy atom. The van der Waals surface area contributed by atoms with Gasteiger partial charge in [0.15, 0.2) is 0 Å². The number of halogens is 3. The fourth-order valence-corrected chi connectivity index (χ4v) is 3.50. The Labute approximate surface area is 210 Å². The number of amides is 1. The lowest BCUT2D eigenvalue weighted by molar-refractivity contribution is -0.385. The quantitative estimate of drug-likeness (QED) is 0.311. The number of non-ortho nitro benzene ring substituents is 2. The molecule has 202 valence electrons. The molecule has 1 N–H and O–H groups in total. The second-order valence-corrected chi connectivity index (χ2v) is 7.97. The minimum atomic E-state index is -5.28. The summed E-state index contributed by atoms with van der Waals surface area (Å²) in [5, 5.41) is 23.3. The zero-order chi connectivity index (χ0) is 28.2. The van der Waals surface area contributed by atoms with Crippen LogP contribution in [0.3, 0.4) is 0 Å². The van der Waals surface area contributed by atoms with Gasteiger partial charge in [0.1, 0.15) is 6.10 Å². The van der Waals surface area contributed by atoms with Gasteiger partial charge in [0.2, 0.25) is 6.29 Å². The van der Waals surface area contributed by atoms with Crippen molar-refractivity contribution in [3.05, 3.63) is 79.9 Å². The van der Waals surface area contributed by atoms with Gasteiger partial charge < -0.3 is 19.5 Å². The maximum atomic E-state index is 12.9. The number of ether oxygens (including phenoxy) is 3. The van der Waals surface area contributed by atoms with Gasteiger partial charge in [0, 0.05) is 30.7 Å². The lowest BCUT2D eigenvalue weighted by Crippen LogP contribution is -2.58. The molecule has 4 atom stereocenters. The number of hydrogen-bond acceptors (Lipinski definition) is 10. The summed E-state index contributed by atoms with van der Waals surface area (Å²) in [6, 6.07) is 6.96. The van der Waals surface area contributed by atoms with E-state index in [4.69, 9.17) is 14.2 Å². The molecule has 1 aliphatic heterocycles. The van der Waals surface area contributed by atoms with Crippen LogP contribution in [0.25, 0.3) is 0 Å². The molecule has 13 nitrogen and oxygen atoms in total. The maximum absolute atomic E-state index is 12.9. The number of nitrogens with one attached hydrogen (secondary N) is 1. The van der Waals surface area contributed by atoms with E-state index in [-0.39, 0.29) is 22.5 Å². The van der Waals surface area contributed by atoms with Crippen LogP contribution in [0.4, 0.5) is 24.5 Å². The van der Waals surface area contributed by atoms with Crippen molar-refractivity contribution in [3.8, 4) is 0 Å². The van der Waals surface area contributed by atoms with Crippen LogP contribution in [-0.2, 0) is 19.0 Å². The molecule has 1 amide bonds. The third-order valence-electron chi connectivity index (χ3n) is 5.36. The van der Waals surface area contributed by atoms with E-state index >= 15 is 0 Å². The monoisotopic (exact) mass is 541 g/mol. The number of nitro groups is 2. The van der Waals surface area contributed by atoms with E-state index in [1.807, 2.05) is 0 Å². The van der Waals surface area contributed by atoms with E-state index in [9.17, 15) is 47.8 Å². The summed E-state index contributed by atoms with van der Waals surface area (Å²) in [5.41, 5.74) is -0.884. The standard InChI is InChI=1S/C22H18F3N3O10/c1-11-18(38-20(30)13-4-8-15(9-5-13)28(34)35)16(26-21(31)22(23,24)25)10-17(36-11)37-19(29)12-2-6-14(7-3-12)27(32)33/h2-9,11,16-18H,10H2,1H3,(H,26,31)/t11-,16+,17-,18+/m1/s1. The predicted octanol–water partition coefficient (Wildman–Crippen LogP) is 3.07. The summed E-state index contributed by atoms with van der Waals surface area (Å²) >= 11 is 0. The topological polar surface area (TPSA) is 177 Å². The molecule has 0 unspecified atom stereocenters. The molecule has 0 spiro atoms. The largest absolute Gasteiger partial charge is 0.471 e. The highest BCUT2D eigenvalue weighted by atomic mass is 19.4. The molecular formula is C22H18F3N3O10. The third-order valence-corrected chi connectivity index (χ3v) is 5.36. The van der Waals surface area contributed by atoms with E-state index in [0.717, 1.165) is 48.5 Å². The summed E-state index contributed by atoms with van der Waals surface area (Å²) in [6.07, 6.45) is -9.99. The first-order valence-corrected chi connectivity index (χ1v) is 10.7. The number of hydrogen-bond donors (Lipinski definition) is 1. The fraction of sp³-hybridized carbons (Fsp3) is 0.318. The van der Waals surface area contributed by atoms with Gasteiger partial charge >= 0.3 is 24.0 Å². The van der Waals surface area contributed by atoms with Gasteiger partial charge in [0.05, 0.1) is 33.1 Å². The van der Waals surface area contributed by atoms with Crippen molar-refractivity contribution >= 4 is 29.2 Å². The van der Waals surface area contributed by atoms with Gasteiger partial charge in [-0.1, -0.05) is 0 Å². The van der Waals surface area contributed by atoms with Crippen molar-refractivity contribution in [3.63, 3.8) is 0 Å². The van der Waals surface area contributed by atoms with Crippen LogP contribution in [0.5, 0.6) is 0 Å². The maximum Gasteiger partial charge on any atom is 0.471 e. The van der Waals surface area contributed by atoms with Crippen LogP contribution in [0.2, 0.25) is 0 Å². The lowest BCUT2D eigenvalue weighted by atomic mass is 9.98. The molecule has 16 heteroatoms. The second kappa shape index (κ2) is 11.2. The number of benzene rings is 2. The van der Waals surface area contributed by atoms with E-state index in [1.165, 1.54) is 6.92 Å². The first kappa shape index (κ1) is 28.0. The normalized spacial score (nSPS) is 21.2. The number of nitrogens with zero attached hydrogens (tertiary/aromatic N) is 2. The van der Waals surface area contributed by atoms with Gasteiger partial charge in [0.25, 0.3) is 11.4 Å². The van der Waals surface area contributed by atoms with Crippen LogP contribution in [0.15, 0.2) is 48.5 Å². The number of nitro benzene ring substituents is 2. The molecular weight excluding hydrogens is 523 g/mol. The minimum Gasteiger partial charge on any atom is -0.454 e. The van der Waals surface area contributed by atoms with Crippen LogP contribution in [0.1, 0.15) is 34.1 Å². The Hall–Kier alpha value is -4.60. The highest BCUT2D eigenvalue weighted by Crippen LogP contribution is 2.27.